The molecule has 2 aromatic rings. The predicted molar refractivity (Wildman–Crippen MR) is 88.8 cm³/mol. The molecule has 3 rings (SSSR count). The molecule has 138 valence electrons. The molecule has 26 heavy (non-hydrogen) atoms. The molecule has 1 N–H and O–H groups in total. The summed E-state index contributed by atoms with van der Waals surface area (Å²) in [6.07, 6.45) is 3.96. The first-order valence-corrected chi connectivity index (χ1v) is 8.38. The van der Waals surface area contributed by atoms with Crippen molar-refractivity contribution in [2.24, 2.45) is 0 Å². The molecule has 6 nitrogen and oxygen atoms in total. The quantitative estimate of drug-likeness (QED) is 0.906. The SMILES string of the molecule is CC(C(=O)N1CCC(n2cc(C(=O)O)cn2)CC1)c1c(F)cccc1F. The number of aromatic carboxylic acids is 1. The van der Waals surface area contributed by atoms with E-state index in [2.05, 4.69) is 5.10 Å². The van der Waals surface area contributed by atoms with E-state index in [1.807, 2.05) is 0 Å². The first kappa shape index (κ1) is 18.0. The highest BCUT2D eigenvalue weighted by atomic mass is 19.1. The van der Waals surface area contributed by atoms with Gasteiger partial charge in [0.1, 0.15) is 11.6 Å². The lowest BCUT2D eigenvalue weighted by atomic mass is 9.96. The number of carbonyl (C=O) groups is 2. The summed E-state index contributed by atoms with van der Waals surface area (Å²) >= 11 is 0. The highest BCUT2D eigenvalue weighted by Crippen LogP contribution is 2.28. The Morgan fingerprint density at radius 2 is 1.85 bits per heavy atom. The molecular weight excluding hydrogens is 344 g/mol. The molecule has 0 spiro atoms. The van der Waals surface area contributed by atoms with E-state index in [4.69, 9.17) is 5.11 Å². The van der Waals surface area contributed by atoms with Crippen LogP contribution in [0.25, 0.3) is 0 Å². The standard InChI is InChI=1S/C18H19F2N3O3/c1-11(16-14(19)3-2-4-15(16)20)17(24)22-7-5-13(6-8-22)23-10-12(9-21-23)18(25)26/h2-4,9-11,13H,5-8H2,1H3,(H,25,26). The van der Waals surface area contributed by atoms with Crippen molar-refractivity contribution in [1.82, 2.24) is 14.7 Å². The Bertz CT molecular complexity index is 809. The molecule has 8 heteroatoms. The number of likely N-dealkylation sites (tertiary alicyclic amines) is 1. The zero-order chi connectivity index (χ0) is 18.8. The van der Waals surface area contributed by atoms with Gasteiger partial charge in [0.25, 0.3) is 0 Å². The van der Waals surface area contributed by atoms with Crippen molar-refractivity contribution in [3.05, 3.63) is 53.4 Å². The van der Waals surface area contributed by atoms with Crippen molar-refractivity contribution in [3.63, 3.8) is 0 Å². The van der Waals surface area contributed by atoms with E-state index in [0.717, 1.165) is 12.1 Å². The van der Waals surface area contributed by atoms with Crippen LogP contribution in [0.2, 0.25) is 0 Å². The minimum atomic E-state index is -1.04. The van der Waals surface area contributed by atoms with Crippen LogP contribution in [0, 0.1) is 11.6 Å². The molecule has 1 fully saturated rings. The molecule has 1 aliphatic rings. The second-order valence-corrected chi connectivity index (χ2v) is 6.43. The Morgan fingerprint density at radius 1 is 1.23 bits per heavy atom. The fourth-order valence-corrected chi connectivity index (χ4v) is 3.32. The van der Waals surface area contributed by atoms with Crippen LogP contribution in [0.4, 0.5) is 8.78 Å². The third kappa shape index (κ3) is 3.44. The van der Waals surface area contributed by atoms with Crippen molar-refractivity contribution in [1.29, 1.82) is 0 Å². The summed E-state index contributed by atoms with van der Waals surface area (Å²) in [5, 5.41) is 13.0. The zero-order valence-corrected chi connectivity index (χ0v) is 14.2. The third-order valence-electron chi connectivity index (χ3n) is 4.80. The van der Waals surface area contributed by atoms with E-state index in [1.54, 1.807) is 9.58 Å². The molecule has 2 heterocycles. The van der Waals surface area contributed by atoms with Gasteiger partial charge in [0.05, 0.1) is 23.7 Å². The van der Waals surface area contributed by atoms with Gasteiger partial charge in [0.2, 0.25) is 5.91 Å². The molecule has 0 radical (unpaired) electrons. The number of aromatic nitrogens is 2. The van der Waals surface area contributed by atoms with E-state index in [9.17, 15) is 18.4 Å². The van der Waals surface area contributed by atoms with Gasteiger partial charge in [-0.25, -0.2) is 13.6 Å². The summed E-state index contributed by atoms with van der Waals surface area (Å²) in [5.41, 5.74) is -0.0926. The Labute approximate surface area is 149 Å². The van der Waals surface area contributed by atoms with Gasteiger partial charge in [-0.05, 0) is 31.9 Å². The minimum Gasteiger partial charge on any atom is -0.478 e. The van der Waals surface area contributed by atoms with Crippen molar-refractivity contribution < 1.29 is 23.5 Å². The monoisotopic (exact) mass is 363 g/mol. The number of carboxylic acid groups (broad SMARTS) is 1. The fraction of sp³-hybridized carbons (Fsp3) is 0.389. The molecule has 1 saturated heterocycles. The normalized spacial score (nSPS) is 16.5. The van der Waals surface area contributed by atoms with Crippen LogP contribution in [0.5, 0.6) is 0 Å². The number of rotatable bonds is 4. The van der Waals surface area contributed by atoms with Crippen molar-refractivity contribution in [2.75, 3.05) is 13.1 Å². The average molecular weight is 363 g/mol. The van der Waals surface area contributed by atoms with Crippen molar-refractivity contribution >= 4 is 11.9 Å². The van der Waals surface area contributed by atoms with E-state index >= 15 is 0 Å². The molecule has 1 amide bonds. The smallest absolute Gasteiger partial charge is 0.338 e. The summed E-state index contributed by atoms with van der Waals surface area (Å²) in [5.74, 6) is -3.71. The highest BCUT2D eigenvalue weighted by Gasteiger charge is 2.30. The summed E-state index contributed by atoms with van der Waals surface area (Å²) in [7, 11) is 0. The lowest BCUT2D eigenvalue weighted by molar-refractivity contribution is -0.133. The van der Waals surface area contributed by atoms with Crippen LogP contribution in [0.1, 0.15) is 47.6 Å². The highest BCUT2D eigenvalue weighted by molar-refractivity contribution is 5.86. The second-order valence-electron chi connectivity index (χ2n) is 6.43. The van der Waals surface area contributed by atoms with E-state index in [0.29, 0.717) is 25.9 Å². The number of hydrogen-bond donors (Lipinski definition) is 1. The van der Waals surface area contributed by atoms with E-state index < -0.39 is 23.5 Å². The Balaban J connectivity index is 1.65. The summed E-state index contributed by atoms with van der Waals surface area (Å²) in [6.45, 7) is 2.35. The van der Waals surface area contributed by atoms with Gasteiger partial charge >= 0.3 is 5.97 Å². The van der Waals surface area contributed by atoms with Crippen molar-refractivity contribution in [2.45, 2.75) is 31.7 Å². The maximum atomic E-state index is 13.9. The number of amides is 1. The van der Waals surface area contributed by atoms with E-state index in [1.165, 1.54) is 25.4 Å². The summed E-state index contributed by atoms with van der Waals surface area (Å²) in [6, 6.07) is 3.55. The number of piperidine rings is 1. The maximum absolute atomic E-state index is 13.9. The first-order valence-electron chi connectivity index (χ1n) is 8.38. The molecule has 0 bridgehead atoms. The molecule has 1 unspecified atom stereocenters. The molecule has 1 aliphatic heterocycles. The van der Waals surface area contributed by atoms with Crippen LogP contribution >= 0.6 is 0 Å². The predicted octanol–water partition coefficient (Wildman–Crippen LogP) is 2.83. The molecule has 0 aliphatic carbocycles. The van der Waals surface area contributed by atoms with Crippen molar-refractivity contribution in [3.8, 4) is 0 Å². The van der Waals surface area contributed by atoms with Gasteiger partial charge in [-0.15, -0.1) is 0 Å². The minimum absolute atomic E-state index is 0.00680. The molecule has 1 aromatic heterocycles. The molecular formula is C18H19F2N3O3. The Hall–Kier alpha value is -2.77. The van der Waals surface area contributed by atoms with Crippen LogP contribution in [0.15, 0.2) is 30.6 Å². The van der Waals surface area contributed by atoms with Gasteiger partial charge in [0.15, 0.2) is 0 Å². The van der Waals surface area contributed by atoms with Crippen LogP contribution in [-0.4, -0.2) is 44.8 Å². The van der Waals surface area contributed by atoms with Crippen LogP contribution in [0.3, 0.4) is 0 Å². The number of carbonyl (C=O) groups excluding carboxylic acids is 1. The first-order chi connectivity index (χ1) is 12.4. The van der Waals surface area contributed by atoms with E-state index in [-0.39, 0.29) is 23.1 Å². The van der Waals surface area contributed by atoms with Gasteiger partial charge in [-0.3, -0.25) is 9.48 Å². The third-order valence-corrected chi connectivity index (χ3v) is 4.80. The number of halogens is 2. The number of carboxylic acids is 1. The summed E-state index contributed by atoms with van der Waals surface area (Å²) < 4.78 is 29.4. The Kier molecular flexibility index (Phi) is 5.01. The lowest BCUT2D eigenvalue weighted by Gasteiger charge is -2.33. The van der Waals surface area contributed by atoms with Gasteiger partial charge in [-0.1, -0.05) is 6.07 Å². The maximum Gasteiger partial charge on any atom is 0.338 e. The van der Waals surface area contributed by atoms with Gasteiger partial charge in [-0.2, -0.15) is 5.10 Å². The average Bonchev–Trinajstić information content (AvgIpc) is 3.11. The number of nitrogens with zero attached hydrogens (tertiary/aromatic N) is 3. The molecule has 1 aromatic carbocycles. The topological polar surface area (TPSA) is 75.4 Å². The van der Waals surface area contributed by atoms with Crippen LogP contribution < -0.4 is 0 Å². The fourth-order valence-electron chi connectivity index (χ4n) is 3.32. The van der Waals surface area contributed by atoms with Gasteiger partial charge in [0, 0.05) is 24.8 Å². The zero-order valence-electron chi connectivity index (χ0n) is 14.2. The lowest BCUT2D eigenvalue weighted by Crippen LogP contribution is -2.41. The molecule has 1 atom stereocenters. The Morgan fingerprint density at radius 3 is 2.38 bits per heavy atom. The number of benzene rings is 1. The van der Waals surface area contributed by atoms with Gasteiger partial charge < -0.3 is 10.0 Å². The summed E-state index contributed by atoms with van der Waals surface area (Å²) in [4.78, 5) is 25.2. The largest absolute Gasteiger partial charge is 0.478 e. The second kappa shape index (κ2) is 7.23. The number of hydrogen-bond acceptors (Lipinski definition) is 3. The molecule has 0 saturated carbocycles. The van der Waals surface area contributed by atoms with Crippen LogP contribution in [-0.2, 0) is 4.79 Å².